The minimum absolute atomic E-state index is 0.0735. The molecule has 1 fully saturated rings. The number of hydrogen-bond donors (Lipinski definition) is 0. The van der Waals surface area contributed by atoms with Crippen LogP contribution in [0.5, 0.6) is 0 Å². The highest BCUT2D eigenvalue weighted by Crippen LogP contribution is 2.32. The van der Waals surface area contributed by atoms with E-state index in [0.29, 0.717) is 11.4 Å². The Labute approximate surface area is 183 Å². The molecule has 1 saturated heterocycles. The molecule has 3 heterocycles. The van der Waals surface area contributed by atoms with Crippen molar-refractivity contribution < 1.29 is 13.2 Å². The second-order valence-electron chi connectivity index (χ2n) is 6.60. The summed E-state index contributed by atoms with van der Waals surface area (Å²) in [4.78, 5) is 18.6. The molecule has 3 aromatic rings. The Balaban J connectivity index is 1.45. The third-order valence-corrected chi connectivity index (χ3v) is 7.63. The zero-order chi connectivity index (χ0) is 21.3. The maximum atomic E-state index is 13.0. The van der Waals surface area contributed by atoms with Gasteiger partial charge in [0.25, 0.3) is 5.91 Å². The fourth-order valence-corrected chi connectivity index (χ4v) is 5.74. The Hall–Kier alpha value is -2.46. The summed E-state index contributed by atoms with van der Waals surface area (Å²) in [7, 11) is -3.86. The van der Waals surface area contributed by atoms with Gasteiger partial charge in [-0.25, -0.2) is 18.1 Å². The second-order valence-corrected chi connectivity index (χ2v) is 9.29. The van der Waals surface area contributed by atoms with Gasteiger partial charge in [0.2, 0.25) is 10.0 Å². The highest BCUT2D eigenvalue weighted by atomic mass is 35.5. The number of piperazine rings is 1. The third-order valence-electron chi connectivity index (χ3n) is 4.78. The number of sulfonamides is 1. The Morgan fingerprint density at radius 1 is 0.967 bits per heavy atom. The second kappa shape index (κ2) is 8.35. The monoisotopic (exact) mass is 465 g/mol. The minimum Gasteiger partial charge on any atom is -0.336 e. The molecular weight excluding hydrogens is 449 g/mol. The van der Waals surface area contributed by atoms with Crippen LogP contribution in [0.15, 0.2) is 59.9 Å². The van der Waals surface area contributed by atoms with Gasteiger partial charge in [-0.15, -0.1) is 0 Å². The van der Waals surface area contributed by atoms with Gasteiger partial charge in [0.05, 0.1) is 15.6 Å². The number of halogens is 2. The van der Waals surface area contributed by atoms with Gasteiger partial charge in [-0.05, 0) is 30.3 Å². The van der Waals surface area contributed by atoms with Gasteiger partial charge in [-0.1, -0.05) is 29.3 Å². The van der Waals surface area contributed by atoms with Crippen LogP contribution in [-0.2, 0) is 10.0 Å². The smallest absolute Gasteiger partial charge is 0.255 e. The average molecular weight is 466 g/mol. The van der Waals surface area contributed by atoms with Crippen LogP contribution in [0.2, 0.25) is 10.0 Å². The first-order valence-electron chi connectivity index (χ1n) is 9.07. The molecule has 1 amide bonds. The lowest BCUT2D eigenvalue weighted by Crippen LogP contribution is -2.50. The first kappa shape index (κ1) is 20.8. The van der Waals surface area contributed by atoms with Crippen LogP contribution < -0.4 is 0 Å². The van der Waals surface area contributed by atoms with Gasteiger partial charge in [0.15, 0.2) is 5.82 Å². The van der Waals surface area contributed by atoms with Crippen LogP contribution in [0.4, 0.5) is 0 Å². The molecule has 0 N–H and O–H groups in total. The van der Waals surface area contributed by atoms with Gasteiger partial charge in [0.1, 0.15) is 4.90 Å². The van der Waals surface area contributed by atoms with Crippen LogP contribution in [-0.4, -0.2) is 64.5 Å². The number of rotatable bonds is 4. The Morgan fingerprint density at radius 3 is 2.23 bits per heavy atom. The molecule has 0 atom stereocenters. The predicted molar refractivity (Wildman–Crippen MR) is 112 cm³/mol. The van der Waals surface area contributed by atoms with E-state index in [0.717, 1.165) is 0 Å². The summed E-state index contributed by atoms with van der Waals surface area (Å²) < 4.78 is 28.8. The average Bonchev–Trinajstić information content (AvgIpc) is 3.28. The van der Waals surface area contributed by atoms with E-state index >= 15 is 0 Å². The molecule has 0 unspecified atom stereocenters. The summed E-state index contributed by atoms with van der Waals surface area (Å²) in [6.07, 6.45) is 4.89. The van der Waals surface area contributed by atoms with E-state index in [-0.39, 0.29) is 47.0 Å². The zero-order valence-corrected chi connectivity index (χ0v) is 18.0. The van der Waals surface area contributed by atoms with E-state index < -0.39 is 10.0 Å². The Morgan fingerprint density at radius 2 is 1.67 bits per heavy atom. The Bertz CT molecular complexity index is 1140. The van der Waals surface area contributed by atoms with Crippen molar-refractivity contribution in [3.05, 3.63) is 70.6 Å². The number of pyridine rings is 1. The summed E-state index contributed by atoms with van der Waals surface area (Å²) in [6, 6.07) is 9.73. The van der Waals surface area contributed by atoms with Crippen LogP contribution in [0.1, 0.15) is 10.4 Å². The molecular formula is C19H17Cl2N5O3S. The molecule has 4 rings (SSSR count). The topological polar surface area (TPSA) is 88.4 Å². The van der Waals surface area contributed by atoms with Crippen molar-refractivity contribution in [2.75, 3.05) is 26.2 Å². The number of nitrogens with zero attached hydrogens (tertiary/aromatic N) is 5. The summed E-state index contributed by atoms with van der Waals surface area (Å²) in [6.45, 7) is 0.797. The SMILES string of the molecule is O=C(c1ccc(-n2cccn2)nc1)N1CCN(S(=O)(=O)c2c(Cl)cccc2Cl)CC1. The quantitative estimate of drug-likeness (QED) is 0.590. The lowest BCUT2D eigenvalue weighted by molar-refractivity contribution is 0.0697. The fourth-order valence-electron chi connectivity index (χ4n) is 3.22. The third kappa shape index (κ3) is 3.93. The van der Waals surface area contributed by atoms with E-state index in [4.69, 9.17) is 23.2 Å². The lowest BCUT2D eigenvalue weighted by Gasteiger charge is -2.34. The summed E-state index contributed by atoms with van der Waals surface area (Å²) in [5.41, 5.74) is 0.427. The number of aromatic nitrogens is 3. The van der Waals surface area contributed by atoms with E-state index in [1.165, 1.54) is 22.6 Å². The molecule has 8 nitrogen and oxygen atoms in total. The van der Waals surface area contributed by atoms with Crippen molar-refractivity contribution in [1.82, 2.24) is 24.0 Å². The van der Waals surface area contributed by atoms with Crippen molar-refractivity contribution in [3.8, 4) is 5.82 Å². The molecule has 30 heavy (non-hydrogen) atoms. The molecule has 0 spiro atoms. The van der Waals surface area contributed by atoms with Crippen molar-refractivity contribution in [1.29, 1.82) is 0 Å². The molecule has 0 radical (unpaired) electrons. The van der Waals surface area contributed by atoms with Crippen molar-refractivity contribution in [3.63, 3.8) is 0 Å². The molecule has 2 aromatic heterocycles. The zero-order valence-electron chi connectivity index (χ0n) is 15.6. The standard InChI is InChI=1S/C19H17Cl2N5O3S/c20-15-3-1-4-16(21)18(15)30(28,29)25-11-9-24(10-12-25)19(27)14-5-6-17(22-13-14)26-8-2-7-23-26/h1-8,13H,9-12H2. The van der Waals surface area contributed by atoms with Crippen LogP contribution in [0.25, 0.3) is 5.82 Å². The van der Waals surface area contributed by atoms with Crippen molar-refractivity contribution in [2.24, 2.45) is 0 Å². The maximum absolute atomic E-state index is 13.0. The maximum Gasteiger partial charge on any atom is 0.255 e. The largest absolute Gasteiger partial charge is 0.336 e. The highest BCUT2D eigenvalue weighted by molar-refractivity contribution is 7.89. The molecule has 0 bridgehead atoms. The van der Waals surface area contributed by atoms with Gasteiger partial charge < -0.3 is 4.90 Å². The molecule has 0 aliphatic carbocycles. The van der Waals surface area contributed by atoms with Crippen LogP contribution >= 0.6 is 23.2 Å². The number of amides is 1. The number of carbonyl (C=O) groups is 1. The summed E-state index contributed by atoms with van der Waals surface area (Å²) in [5, 5.41) is 4.24. The first-order valence-corrected chi connectivity index (χ1v) is 11.3. The van der Waals surface area contributed by atoms with E-state index in [1.54, 1.807) is 46.2 Å². The molecule has 1 aromatic carbocycles. The molecule has 0 saturated carbocycles. The predicted octanol–water partition coefficient (Wildman–Crippen LogP) is 2.72. The van der Waals surface area contributed by atoms with Gasteiger partial charge in [-0.2, -0.15) is 9.40 Å². The normalized spacial score (nSPS) is 15.3. The van der Waals surface area contributed by atoms with Gasteiger partial charge in [0, 0.05) is 44.8 Å². The van der Waals surface area contributed by atoms with Crippen LogP contribution in [0, 0.1) is 0 Å². The Kier molecular flexibility index (Phi) is 5.79. The number of carbonyl (C=O) groups excluding carboxylic acids is 1. The molecule has 1 aliphatic rings. The van der Waals surface area contributed by atoms with E-state index in [2.05, 4.69) is 10.1 Å². The summed E-state index contributed by atoms with van der Waals surface area (Å²) in [5.74, 6) is 0.395. The van der Waals surface area contributed by atoms with Crippen LogP contribution in [0.3, 0.4) is 0 Å². The molecule has 156 valence electrons. The van der Waals surface area contributed by atoms with Gasteiger partial charge in [-0.3, -0.25) is 4.79 Å². The molecule has 11 heteroatoms. The van der Waals surface area contributed by atoms with Crippen molar-refractivity contribution in [2.45, 2.75) is 4.90 Å². The van der Waals surface area contributed by atoms with E-state index in [1.807, 2.05) is 0 Å². The van der Waals surface area contributed by atoms with Gasteiger partial charge >= 0.3 is 0 Å². The molecule has 1 aliphatic heterocycles. The minimum atomic E-state index is -3.86. The van der Waals surface area contributed by atoms with E-state index in [9.17, 15) is 13.2 Å². The van der Waals surface area contributed by atoms with Crippen molar-refractivity contribution >= 4 is 39.1 Å². The highest BCUT2D eigenvalue weighted by Gasteiger charge is 2.33. The summed E-state index contributed by atoms with van der Waals surface area (Å²) >= 11 is 12.1. The number of hydrogen-bond acceptors (Lipinski definition) is 5. The first-order chi connectivity index (χ1) is 14.4. The fraction of sp³-hybridized carbons (Fsp3) is 0.211. The number of benzene rings is 1. The lowest BCUT2D eigenvalue weighted by atomic mass is 10.2.